The molecule has 3 aliphatic rings. The highest BCUT2D eigenvalue weighted by molar-refractivity contribution is 5.71. The number of methoxy groups -OCH3 is 1. The van der Waals surface area contributed by atoms with E-state index in [2.05, 4.69) is 9.67 Å². The molecule has 3 aliphatic heterocycles. The smallest absolute Gasteiger partial charge is 0.409 e. The van der Waals surface area contributed by atoms with Gasteiger partial charge in [-0.05, 0) is 38.2 Å². The summed E-state index contributed by atoms with van der Waals surface area (Å²) in [5, 5.41) is 5.07. The van der Waals surface area contributed by atoms with Gasteiger partial charge in [0.1, 0.15) is 0 Å². The monoisotopic (exact) mass is 475 g/mol. The lowest BCUT2D eigenvalue weighted by Gasteiger charge is -2.32. The Balaban J connectivity index is 1.61. The Morgan fingerprint density at radius 3 is 2.76 bits per heavy atom. The van der Waals surface area contributed by atoms with E-state index >= 15 is 0 Å². The van der Waals surface area contributed by atoms with Gasteiger partial charge in [-0.15, -0.1) is 0 Å². The van der Waals surface area contributed by atoms with Crippen LogP contribution in [0.5, 0.6) is 0 Å². The SMILES string of the molecule is CCc1nc2c(cc1C(F)F)N(c1nn(C3CCOCC3)c3c1CN(C(=O)OC)CC3)CCC2. The molecule has 0 radical (unpaired) electrons. The van der Waals surface area contributed by atoms with Gasteiger partial charge in [0, 0.05) is 55.2 Å². The van der Waals surface area contributed by atoms with Crippen molar-refractivity contribution in [2.24, 2.45) is 0 Å². The lowest BCUT2D eigenvalue weighted by molar-refractivity contribution is 0.0649. The van der Waals surface area contributed by atoms with Crippen molar-refractivity contribution in [2.45, 2.75) is 64.5 Å². The highest BCUT2D eigenvalue weighted by atomic mass is 19.3. The number of hydrogen-bond acceptors (Lipinski definition) is 6. The van der Waals surface area contributed by atoms with Gasteiger partial charge in [0.05, 0.1) is 31.1 Å². The fourth-order valence-electron chi connectivity index (χ4n) is 5.40. The molecule has 1 fully saturated rings. The average molecular weight is 476 g/mol. The summed E-state index contributed by atoms with van der Waals surface area (Å²) < 4.78 is 40.4. The van der Waals surface area contributed by atoms with Gasteiger partial charge < -0.3 is 19.3 Å². The molecular weight excluding hydrogens is 444 g/mol. The highest BCUT2D eigenvalue weighted by Gasteiger charge is 2.35. The minimum absolute atomic E-state index is 0.0120. The number of fused-ring (bicyclic) bond motifs is 2. The zero-order chi connectivity index (χ0) is 23.8. The van der Waals surface area contributed by atoms with E-state index in [1.807, 2.05) is 11.8 Å². The Morgan fingerprint density at radius 1 is 1.26 bits per heavy atom. The van der Waals surface area contributed by atoms with Gasteiger partial charge in [-0.2, -0.15) is 5.10 Å². The molecule has 10 heteroatoms. The molecule has 184 valence electrons. The first-order chi connectivity index (χ1) is 16.5. The molecule has 2 aromatic heterocycles. The molecule has 8 nitrogen and oxygen atoms in total. The normalized spacial score (nSPS) is 18.7. The number of pyridine rings is 1. The zero-order valence-corrected chi connectivity index (χ0v) is 19.7. The molecule has 0 spiro atoms. The van der Waals surface area contributed by atoms with Crippen LogP contribution in [0.25, 0.3) is 0 Å². The van der Waals surface area contributed by atoms with Crippen molar-refractivity contribution in [3.63, 3.8) is 0 Å². The van der Waals surface area contributed by atoms with E-state index in [1.54, 1.807) is 11.0 Å². The Bertz CT molecular complexity index is 1070. The van der Waals surface area contributed by atoms with Crippen LogP contribution < -0.4 is 4.90 Å². The number of ether oxygens (including phenoxy) is 2. The van der Waals surface area contributed by atoms with Gasteiger partial charge in [-0.25, -0.2) is 13.6 Å². The molecule has 5 heterocycles. The van der Waals surface area contributed by atoms with Crippen molar-refractivity contribution in [3.8, 4) is 0 Å². The third kappa shape index (κ3) is 4.01. The Morgan fingerprint density at radius 2 is 2.06 bits per heavy atom. The average Bonchev–Trinajstić information content (AvgIpc) is 3.26. The minimum atomic E-state index is -2.58. The highest BCUT2D eigenvalue weighted by Crippen LogP contribution is 2.40. The summed E-state index contributed by atoms with van der Waals surface area (Å²) in [7, 11) is 1.38. The predicted molar refractivity (Wildman–Crippen MR) is 122 cm³/mol. The van der Waals surface area contributed by atoms with E-state index in [0.717, 1.165) is 48.5 Å². The largest absolute Gasteiger partial charge is 0.453 e. The molecule has 2 aromatic rings. The van der Waals surface area contributed by atoms with Gasteiger partial charge in [-0.3, -0.25) is 9.67 Å². The number of halogens is 2. The molecule has 0 unspecified atom stereocenters. The number of hydrogen-bond donors (Lipinski definition) is 0. The van der Waals surface area contributed by atoms with Crippen molar-refractivity contribution in [1.29, 1.82) is 0 Å². The van der Waals surface area contributed by atoms with E-state index in [0.29, 0.717) is 57.1 Å². The van der Waals surface area contributed by atoms with Gasteiger partial charge in [0.15, 0.2) is 5.82 Å². The molecular formula is C24H31F2N5O3. The van der Waals surface area contributed by atoms with Crippen LogP contribution >= 0.6 is 0 Å². The van der Waals surface area contributed by atoms with Crippen LogP contribution in [0.2, 0.25) is 0 Å². The number of amides is 1. The number of carbonyl (C=O) groups excluding carboxylic acids is 1. The van der Waals surface area contributed by atoms with E-state index in [1.165, 1.54) is 7.11 Å². The molecule has 0 atom stereocenters. The standard InChI is InChI=1S/C24H31F2N5O3/c1-3-18-16(22(25)26)13-21-19(27-18)5-4-9-30(21)23-17-14-29(24(32)33-2)10-6-20(17)31(28-23)15-7-11-34-12-8-15/h13,15,22H,3-12,14H2,1-2H3. The molecule has 0 N–H and O–H groups in total. The van der Waals surface area contributed by atoms with Crippen molar-refractivity contribution in [2.75, 3.05) is 38.3 Å². The molecule has 0 aromatic carbocycles. The number of nitrogens with zero attached hydrogens (tertiary/aromatic N) is 5. The second kappa shape index (κ2) is 9.48. The molecule has 1 saturated heterocycles. The molecule has 1 amide bonds. The Kier molecular flexibility index (Phi) is 6.42. The predicted octanol–water partition coefficient (Wildman–Crippen LogP) is 4.34. The molecule has 0 saturated carbocycles. The fourth-order valence-corrected chi connectivity index (χ4v) is 5.40. The van der Waals surface area contributed by atoms with Crippen LogP contribution in [0, 0.1) is 0 Å². The van der Waals surface area contributed by atoms with Crippen LogP contribution in [0.1, 0.15) is 66.9 Å². The van der Waals surface area contributed by atoms with Crippen LogP contribution in [0.4, 0.5) is 25.1 Å². The maximum Gasteiger partial charge on any atom is 0.409 e. The first-order valence-electron chi connectivity index (χ1n) is 12.1. The molecule has 0 aliphatic carbocycles. The van der Waals surface area contributed by atoms with E-state index in [4.69, 9.17) is 14.6 Å². The fraction of sp³-hybridized carbons (Fsp3) is 0.625. The molecule has 5 rings (SSSR count). The lowest BCUT2D eigenvalue weighted by Crippen LogP contribution is -2.37. The van der Waals surface area contributed by atoms with Crippen LogP contribution in [0.15, 0.2) is 6.07 Å². The quantitative estimate of drug-likeness (QED) is 0.655. The topological polar surface area (TPSA) is 72.7 Å². The third-order valence-corrected chi connectivity index (χ3v) is 7.14. The summed E-state index contributed by atoms with van der Waals surface area (Å²) in [5.74, 6) is 0.738. The maximum atomic E-state index is 13.9. The van der Waals surface area contributed by atoms with Gasteiger partial charge >= 0.3 is 6.09 Å². The van der Waals surface area contributed by atoms with Crippen LogP contribution in [0.3, 0.4) is 0 Å². The van der Waals surface area contributed by atoms with Crippen molar-refractivity contribution in [3.05, 3.63) is 34.3 Å². The number of anilines is 2. The van der Waals surface area contributed by atoms with E-state index in [9.17, 15) is 13.6 Å². The number of rotatable bonds is 4. The number of aryl methyl sites for hydroxylation is 2. The van der Waals surface area contributed by atoms with E-state index < -0.39 is 6.43 Å². The maximum absolute atomic E-state index is 13.9. The van der Waals surface area contributed by atoms with Crippen molar-refractivity contribution < 1.29 is 23.0 Å². The zero-order valence-electron chi connectivity index (χ0n) is 19.7. The molecule has 0 bridgehead atoms. The Labute approximate surface area is 197 Å². The summed E-state index contributed by atoms with van der Waals surface area (Å²) in [4.78, 5) is 20.7. The second-order valence-corrected chi connectivity index (χ2v) is 9.08. The number of carbonyl (C=O) groups is 1. The third-order valence-electron chi connectivity index (χ3n) is 7.14. The van der Waals surface area contributed by atoms with Gasteiger partial charge in [0.25, 0.3) is 6.43 Å². The van der Waals surface area contributed by atoms with E-state index in [-0.39, 0.29) is 17.7 Å². The lowest BCUT2D eigenvalue weighted by atomic mass is 10.0. The van der Waals surface area contributed by atoms with Gasteiger partial charge in [-0.1, -0.05) is 6.92 Å². The summed E-state index contributed by atoms with van der Waals surface area (Å²) in [6.07, 6.45) is 1.54. The number of alkyl halides is 2. The first kappa shape index (κ1) is 23.0. The van der Waals surface area contributed by atoms with Crippen LogP contribution in [-0.2, 0) is 35.3 Å². The Hall–Kier alpha value is -2.75. The van der Waals surface area contributed by atoms with Crippen LogP contribution in [-0.4, -0.2) is 59.2 Å². The summed E-state index contributed by atoms with van der Waals surface area (Å²) >= 11 is 0. The summed E-state index contributed by atoms with van der Waals surface area (Å²) in [5.41, 5.74) is 4.07. The minimum Gasteiger partial charge on any atom is -0.453 e. The van der Waals surface area contributed by atoms with Crippen molar-refractivity contribution >= 4 is 17.6 Å². The summed E-state index contributed by atoms with van der Waals surface area (Å²) in [6.45, 7) is 4.84. The van der Waals surface area contributed by atoms with Crippen molar-refractivity contribution in [1.82, 2.24) is 19.7 Å². The number of aromatic nitrogens is 3. The second-order valence-electron chi connectivity index (χ2n) is 9.08. The first-order valence-corrected chi connectivity index (χ1v) is 12.1. The summed E-state index contributed by atoms with van der Waals surface area (Å²) in [6, 6.07) is 1.83. The molecule has 34 heavy (non-hydrogen) atoms. The van der Waals surface area contributed by atoms with Gasteiger partial charge in [0.2, 0.25) is 0 Å².